The summed E-state index contributed by atoms with van der Waals surface area (Å²) in [4.78, 5) is 3.94. The molecule has 0 aromatic carbocycles. The lowest BCUT2D eigenvalue weighted by Gasteiger charge is -2.24. The highest BCUT2D eigenvalue weighted by Crippen LogP contribution is 2.21. The molecule has 17 heavy (non-hydrogen) atoms. The van der Waals surface area contributed by atoms with E-state index >= 15 is 0 Å². The van der Waals surface area contributed by atoms with Gasteiger partial charge in [-0.15, -0.1) is 0 Å². The first-order valence-electron chi connectivity index (χ1n) is 6.06. The zero-order valence-corrected chi connectivity index (χ0v) is 11.3. The molecule has 3 nitrogen and oxygen atoms in total. The molecular weight excluding hydrogens is 236 g/mol. The minimum atomic E-state index is -0.730. The summed E-state index contributed by atoms with van der Waals surface area (Å²) in [6.07, 6.45) is 5.70. The largest absolute Gasteiger partial charge is 0.390 e. The Labute approximate surface area is 108 Å². The number of rotatable bonds is 7. The van der Waals surface area contributed by atoms with Crippen molar-refractivity contribution in [3.8, 4) is 0 Å². The van der Waals surface area contributed by atoms with Crippen molar-refractivity contribution in [2.24, 2.45) is 0 Å². The molecule has 96 valence electrons. The summed E-state index contributed by atoms with van der Waals surface area (Å²) in [6, 6.07) is 1.86. The molecule has 1 aromatic heterocycles. The molecule has 2 N–H and O–H groups in total. The molecule has 4 heteroatoms. The van der Waals surface area contributed by atoms with Crippen LogP contribution >= 0.6 is 11.6 Å². The Hall–Kier alpha value is -0.640. The second-order valence-electron chi connectivity index (χ2n) is 4.64. The molecule has 1 unspecified atom stereocenters. The van der Waals surface area contributed by atoms with Gasteiger partial charge in [0.1, 0.15) is 0 Å². The highest BCUT2D eigenvalue weighted by atomic mass is 35.5. The van der Waals surface area contributed by atoms with Crippen LogP contribution in [0, 0.1) is 0 Å². The second-order valence-corrected chi connectivity index (χ2v) is 5.05. The fourth-order valence-electron chi connectivity index (χ4n) is 1.71. The maximum Gasteiger partial charge on any atom is 0.0672 e. The molecule has 0 saturated carbocycles. The predicted octanol–water partition coefficient (Wildman–Crippen LogP) is 2.42. The number of aliphatic hydroxyl groups is 1. The molecule has 1 atom stereocenters. The molecule has 0 bridgehead atoms. The molecular formula is C13H21ClN2O. The van der Waals surface area contributed by atoms with Gasteiger partial charge in [-0.1, -0.05) is 18.5 Å². The molecule has 0 radical (unpaired) electrons. The van der Waals surface area contributed by atoms with Crippen molar-refractivity contribution in [1.82, 2.24) is 10.3 Å². The average molecular weight is 257 g/mol. The van der Waals surface area contributed by atoms with E-state index in [2.05, 4.69) is 17.2 Å². The van der Waals surface area contributed by atoms with Gasteiger partial charge in [-0.2, -0.15) is 0 Å². The van der Waals surface area contributed by atoms with Crippen LogP contribution < -0.4 is 5.32 Å². The highest BCUT2D eigenvalue weighted by Gasteiger charge is 2.21. The Morgan fingerprint density at radius 3 is 2.88 bits per heavy atom. The predicted molar refractivity (Wildman–Crippen MR) is 71.4 cm³/mol. The quantitative estimate of drug-likeness (QED) is 0.737. The van der Waals surface area contributed by atoms with E-state index in [9.17, 15) is 5.11 Å². The SMILES string of the molecule is CCCNCCC(C)(O)Cc1ccncc1Cl. The number of pyridine rings is 1. The second kappa shape index (κ2) is 6.94. The zero-order valence-electron chi connectivity index (χ0n) is 10.5. The highest BCUT2D eigenvalue weighted by molar-refractivity contribution is 6.31. The van der Waals surface area contributed by atoms with Gasteiger partial charge in [-0.05, 0) is 44.5 Å². The van der Waals surface area contributed by atoms with Crippen LogP contribution in [0.4, 0.5) is 0 Å². The van der Waals surface area contributed by atoms with Crippen molar-refractivity contribution in [3.05, 3.63) is 29.0 Å². The number of nitrogens with zero attached hydrogens (tertiary/aromatic N) is 1. The van der Waals surface area contributed by atoms with Crippen molar-refractivity contribution >= 4 is 11.6 Å². The maximum atomic E-state index is 10.3. The summed E-state index contributed by atoms with van der Waals surface area (Å²) in [6.45, 7) is 5.79. The van der Waals surface area contributed by atoms with Gasteiger partial charge < -0.3 is 10.4 Å². The number of hydrogen-bond donors (Lipinski definition) is 2. The van der Waals surface area contributed by atoms with Crippen molar-refractivity contribution in [2.75, 3.05) is 13.1 Å². The molecule has 0 saturated heterocycles. The topological polar surface area (TPSA) is 45.1 Å². The van der Waals surface area contributed by atoms with E-state index in [0.717, 1.165) is 25.1 Å². The van der Waals surface area contributed by atoms with Gasteiger partial charge in [0.15, 0.2) is 0 Å². The van der Waals surface area contributed by atoms with E-state index in [4.69, 9.17) is 11.6 Å². The molecule has 1 rings (SSSR count). The summed E-state index contributed by atoms with van der Waals surface area (Å²) in [5.41, 5.74) is 0.216. The number of hydrogen-bond acceptors (Lipinski definition) is 3. The Morgan fingerprint density at radius 1 is 1.47 bits per heavy atom. The lowest BCUT2D eigenvalue weighted by Crippen LogP contribution is -2.32. The van der Waals surface area contributed by atoms with Crippen LogP contribution in [-0.2, 0) is 6.42 Å². The van der Waals surface area contributed by atoms with Crippen LogP contribution in [0.5, 0.6) is 0 Å². The maximum absolute atomic E-state index is 10.3. The molecule has 0 aliphatic rings. The molecule has 0 amide bonds. The Bertz CT molecular complexity index is 342. The molecule has 0 aliphatic heterocycles. The monoisotopic (exact) mass is 256 g/mol. The standard InChI is InChI=1S/C13H21ClN2O/c1-3-6-15-8-5-13(2,17)9-11-4-7-16-10-12(11)14/h4,7,10,15,17H,3,5-6,8-9H2,1-2H3. The normalized spacial score (nSPS) is 14.6. The van der Waals surface area contributed by atoms with E-state index in [1.54, 1.807) is 12.4 Å². The van der Waals surface area contributed by atoms with E-state index < -0.39 is 5.60 Å². The van der Waals surface area contributed by atoms with Gasteiger partial charge >= 0.3 is 0 Å². The van der Waals surface area contributed by atoms with E-state index in [1.165, 1.54) is 0 Å². The number of aromatic nitrogens is 1. The van der Waals surface area contributed by atoms with Crippen LogP contribution in [0.15, 0.2) is 18.5 Å². The summed E-state index contributed by atoms with van der Waals surface area (Å²) < 4.78 is 0. The molecule has 0 spiro atoms. The number of nitrogens with one attached hydrogen (secondary N) is 1. The Kier molecular flexibility index (Phi) is 5.89. The fraction of sp³-hybridized carbons (Fsp3) is 0.615. The van der Waals surface area contributed by atoms with Crippen LogP contribution in [0.25, 0.3) is 0 Å². The van der Waals surface area contributed by atoms with Crippen LogP contribution in [0.1, 0.15) is 32.3 Å². The Balaban J connectivity index is 2.46. The summed E-state index contributed by atoms with van der Waals surface area (Å²) >= 11 is 6.02. The third-order valence-corrected chi connectivity index (χ3v) is 3.04. The fourth-order valence-corrected chi connectivity index (χ4v) is 1.89. The zero-order chi connectivity index (χ0) is 12.7. The van der Waals surface area contributed by atoms with Crippen LogP contribution in [-0.4, -0.2) is 28.8 Å². The van der Waals surface area contributed by atoms with Crippen LogP contribution in [0.3, 0.4) is 0 Å². The average Bonchev–Trinajstić information content (AvgIpc) is 2.28. The number of halogens is 1. The lowest BCUT2D eigenvalue weighted by atomic mass is 9.94. The van der Waals surface area contributed by atoms with E-state index in [0.29, 0.717) is 17.9 Å². The van der Waals surface area contributed by atoms with Crippen molar-refractivity contribution < 1.29 is 5.11 Å². The lowest BCUT2D eigenvalue weighted by molar-refractivity contribution is 0.0516. The molecule has 1 aromatic rings. The first-order chi connectivity index (χ1) is 8.05. The van der Waals surface area contributed by atoms with Gasteiger partial charge in [0.05, 0.1) is 10.6 Å². The third-order valence-electron chi connectivity index (χ3n) is 2.69. The van der Waals surface area contributed by atoms with Crippen molar-refractivity contribution in [3.63, 3.8) is 0 Å². The summed E-state index contributed by atoms with van der Waals surface area (Å²) in [7, 11) is 0. The minimum Gasteiger partial charge on any atom is -0.390 e. The van der Waals surface area contributed by atoms with Gasteiger partial charge in [-0.25, -0.2) is 0 Å². The smallest absolute Gasteiger partial charge is 0.0672 e. The Morgan fingerprint density at radius 2 is 2.24 bits per heavy atom. The van der Waals surface area contributed by atoms with Crippen LogP contribution in [0.2, 0.25) is 5.02 Å². The van der Waals surface area contributed by atoms with Gasteiger partial charge in [0, 0.05) is 18.8 Å². The van der Waals surface area contributed by atoms with Gasteiger partial charge in [0.25, 0.3) is 0 Å². The third kappa shape index (κ3) is 5.48. The first-order valence-corrected chi connectivity index (χ1v) is 6.44. The van der Waals surface area contributed by atoms with Crippen molar-refractivity contribution in [1.29, 1.82) is 0 Å². The molecule has 1 heterocycles. The summed E-state index contributed by atoms with van der Waals surface area (Å²) in [5.74, 6) is 0. The van der Waals surface area contributed by atoms with E-state index in [1.807, 2.05) is 13.0 Å². The van der Waals surface area contributed by atoms with Crippen molar-refractivity contribution in [2.45, 2.75) is 38.7 Å². The molecule has 0 aliphatic carbocycles. The first kappa shape index (κ1) is 14.4. The minimum absolute atomic E-state index is 0.558. The summed E-state index contributed by atoms with van der Waals surface area (Å²) in [5, 5.41) is 14.2. The van der Waals surface area contributed by atoms with Gasteiger partial charge in [0.2, 0.25) is 0 Å². The molecule has 0 fully saturated rings. The van der Waals surface area contributed by atoms with Gasteiger partial charge in [-0.3, -0.25) is 4.98 Å². The van der Waals surface area contributed by atoms with E-state index in [-0.39, 0.29) is 0 Å².